The SMILES string of the molecule is O=C(c1cc(S(=O)(=O)Nc2ccc(F)c(-c3ncn[nH]3)c2)c[nH]1)N1CCCC1. The number of nitrogens with zero attached hydrogens (tertiary/aromatic N) is 3. The summed E-state index contributed by atoms with van der Waals surface area (Å²) in [5, 5.41) is 6.19. The summed E-state index contributed by atoms with van der Waals surface area (Å²) in [4.78, 5) is 20.6. The van der Waals surface area contributed by atoms with E-state index in [1.54, 1.807) is 4.90 Å². The molecule has 3 heterocycles. The number of carbonyl (C=O) groups is 1. The first-order chi connectivity index (χ1) is 13.4. The first-order valence-electron chi connectivity index (χ1n) is 8.60. The number of hydrogen-bond acceptors (Lipinski definition) is 5. The van der Waals surface area contributed by atoms with Gasteiger partial charge in [0.1, 0.15) is 22.7 Å². The Balaban J connectivity index is 1.57. The highest BCUT2D eigenvalue weighted by molar-refractivity contribution is 7.92. The van der Waals surface area contributed by atoms with Gasteiger partial charge in [-0.1, -0.05) is 0 Å². The number of carbonyl (C=O) groups excluding carboxylic acids is 1. The Kier molecular flexibility index (Phi) is 4.59. The third kappa shape index (κ3) is 3.48. The van der Waals surface area contributed by atoms with Gasteiger partial charge in [-0.25, -0.2) is 17.8 Å². The maximum Gasteiger partial charge on any atom is 0.270 e. The van der Waals surface area contributed by atoms with Crippen LogP contribution in [0.4, 0.5) is 10.1 Å². The molecule has 1 aliphatic rings. The Morgan fingerprint density at radius 2 is 2.00 bits per heavy atom. The normalized spacial score (nSPS) is 14.4. The van der Waals surface area contributed by atoms with Crippen molar-refractivity contribution in [2.24, 2.45) is 0 Å². The molecule has 4 rings (SSSR count). The quantitative estimate of drug-likeness (QED) is 0.600. The van der Waals surface area contributed by atoms with Crippen LogP contribution in [0, 0.1) is 5.82 Å². The fraction of sp³-hybridized carbons (Fsp3) is 0.235. The number of halogens is 1. The number of rotatable bonds is 5. The van der Waals surface area contributed by atoms with Gasteiger partial charge >= 0.3 is 0 Å². The van der Waals surface area contributed by atoms with Gasteiger partial charge in [-0.05, 0) is 37.1 Å². The Hall–Kier alpha value is -3.21. The van der Waals surface area contributed by atoms with Gasteiger partial charge in [-0.2, -0.15) is 5.10 Å². The van der Waals surface area contributed by atoms with Gasteiger partial charge in [0.2, 0.25) is 0 Å². The average Bonchev–Trinajstić information content (AvgIpc) is 3.43. The third-order valence-electron chi connectivity index (χ3n) is 4.48. The van der Waals surface area contributed by atoms with Crippen molar-refractivity contribution in [2.75, 3.05) is 17.8 Å². The van der Waals surface area contributed by atoms with E-state index in [0.717, 1.165) is 18.9 Å². The molecule has 0 aliphatic carbocycles. The van der Waals surface area contributed by atoms with E-state index in [1.165, 1.54) is 30.7 Å². The van der Waals surface area contributed by atoms with Crippen molar-refractivity contribution < 1.29 is 17.6 Å². The van der Waals surface area contributed by atoms with Crippen LogP contribution in [-0.4, -0.2) is 52.5 Å². The number of hydrogen-bond donors (Lipinski definition) is 3. The zero-order valence-electron chi connectivity index (χ0n) is 14.6. The van der Waals surface area contributed by atoms with Crippen LogP contribution < -0.4 is 4.72 Å². The van der Waals surface area contributed by atoms with Crippen molar-refractivity contribution in [2.45, 2.75) is 17.7 Å². The Bertz CT molecular complexity index is 1100. The lowest BCUT2D eigenvalue weighted by Crippen LogP contribution is -2.27. The largest absolute Gasteiger partial charge is 0.356 e. The first kappa shape index (κ1) is 18.2. The Morgan fingerprint density at radius 1 is 1.21 bits per heavy atom. The molecule has 146 valence electrons. The van der Waals surface area contributed by atoms with Crippen LogP contribution in [0.5, 0.6) is 0 Å². The number of aromatic amines is 2. The second kappa shape index (κ2) is 7.08. The number of anilines is 1. The van der Waals surface area contributed by atoms with Crippen LogP contribution in [0.25, 0.3) is 11.4 Å². The number of H-pyrrole nitrogens is 2. The number of sulfonamides is 1. The number of amides is 1. The van der Waals surface area contributed by atoms with Gasteiger partial charge in [0.05, 0.1) is 5.56 Å². The highest BCUT2D eigenvalue weighted by Gasteiger charge is 2.24. The van der Waals surface area contributed by atoms with Gasteiger partial charge in [-0.3, -0.25) is 14.6 Å². The van der Waals surface area contributed by atoms with Crippen molar-refractivity contribution in [1.82, 2.24) is 25.1 Å². The zero-order chi connectivity index (χ0) is 19.7. The highest BCUT2D eigenvalue weighted by atomic mass is 32.2. The van der Waals surface area contributed by atoms with Crippen LogP contribution in [0.15, 0.2) is 41.7 Å². The number of aromatic nitrogens is 4. The molecule has 28 heavy (non-hydrogen) atoms. The lowest BCUT2D eigenvalue weighted by Gasteiger charge is -2.13. The van der Waals surface area contributed by atoms with Crippen LogP contribution in [0.1, 0.15) is 23.3 Å². The van der Waals surface area contributed by atoms with E-state index in [9.17, 15) is 17.6 Å². The molecule has 3 N–H and O–H groups in total. The van der Waals surface area contributed by atoms with Crippen molar-refractivity contribution in [1.29, 1.82) is 0 Å². The van der Waals surface area contributed by atoms with Crippen molar-refractivity contribution in [3.05, 3.63) is 48.3 Å². The van der Waals surface area contributed by atoms with Crippen molar-refractivity contribution in [3.8, 4) is 11.4 Å². The lowest BCUT2D eigenvalue weighted by molar-refractivity contribution is 0.0787. The summed E-state index contributed by atoms with van der Waals surface area (Å²) in [5.74, 6) is -0.619. The molecular formula is C17H17FN6O3S. The number of nitrogens with one attached hydrogen (secondary N) is 3. The second-order valence-electron chi connectivity index (χ2n) is 6.38. The minimum Gasteiger partial charge on any atom is -0.356 e. The molecule has 0 unspecified atom stereocenters. The summed E-state index contributed by atoms with van der Waals surface area (Å²) in [5.41, 5.74) is 0.446. The molecule has 0 radical (unpaired) electrons. The molecule has 0 bridgehead atoms. The van der Waals surface area contributed by atoms with E-state index >= 15 is 0 Å². The topological polar surface area (TPSA) is 124 Å². The minimum absolute atomic E-state index is 0.0802. The standard InChI is InChI=1S/C17H17FN6O3S/c18-14-4-3-11(7-13(14)16-20-10-21-22-16)23-28(26,27)12-8-15(19-9-12)17(25)24-5-1-2-6-24/h3-4,7-10,19,23H,1-2,5-6H2,(H,20,21,22). The molecule has 1 aliphatic heterocycles. The van der Waals surface area contributed by atoms with Gasteiger partial charge in [0.25, 0.3) is 15.9 Å². The van der Waals surface area contributed by atoms with Crippen molar-refractivity contribution >= 4 is 21.6 Å². The summed E-state index contributed by atoms with van der Waals surface area (Å²) in [7, 11) is -3.97. The summed E-state index contributed by atoms with van der Waals surface area (Å²) in [6, 6.07) is 5.05. The van der Waals surface area contributed by atoms with Crippen molar-refractivity contribution in [3.63, 3.8) is 0 Å². The minimum atomic E-state index is -3.97. The van der Waals surface area contributed by atoms with Crippen LogP contribution in [0.3, 0.4) is 0 Å². The number of benzene rings is 1. The lowest BCUT2D eigenvalue weighted by atomic mass is 10.2. The third-order valence-corrected chi connectivity index (χ3v) is 5.84. The fourth-order valence-electron chi connectivity index (χ4n) is 3.06. The van der Waals surface area contributed by atoms with Gasteiger partial charge in [-0.15, -0.1) is 0 Å². The monoisotopic (exact) mass is 404 g/mol. The van der Waals surface area contributed by atoms with Crippen LogP contribution >= 0.6 is 0 Å². The van der Waals surface area contributed by atoms with E-state index in [0.29, 0.717) is 13.1 Å². The number of likely N-dealkylation sites (tertiary alicyclic amines) is 1. The zero-order valence-corrected chi connectivity index (χ0v) is 15.5. The fourth-order valence-corrected chi connectivity index (χ4v) is 4.11. The predicted octanol–water partition coefficient (Wildman–Crippen LogP) is 1.98. The molecule has 1 fully saturated rings. The van der Waals surface area contributed by atoms with Crippen LogP contribution in [-0.2, 0) is 10.0 Å². The summed E-state index contributed by atoms with van der Waals surface area (Å²) >= 11 is 0. The van der Waals surface area contributed by atoms with E-state index in [1.807, 2.05) is 0 Å². The Labute approximate surface area is 160 Å². The molecule has 3 aromatic rings. The summed E-state index contributed by atoms with van der Waals surface area (Å²) in [6.07, 6.45) is 4.37. The summed E-state index contributed by atoms with van der Waals surface area (Å²) in [6.45, 7) is 1.33. The molecule has 1 saturated heterocycles. The summed E-state index contributed by atoms with van der Waals surface area (Å²) < 4.78 is 41.7. The highest BCUT2D eigenvalue weighted by Crippen LogP contribution is 2.25. The van der Waals surface area contributed by atoms with Crippen LogP contribution in [0.2, 0.25) is 0 Å². The van der Waals surface area contributed by atoms with Gasteiger partial charge < -0.3 is 9.88 Å². The van der Waals surface area contributed by atoms with E-state index in [2.05, 4.69) is 24.9 Å². The smallest absolute Gasteiger partial charge is 0.270 e. The van der Waals surface area contributed by atoms with Gasteiger partial charge in [0.15, 0.2) is 5.82 Å². The molecule has 2 aromatic heterocycles. The molecular weight excluding hydrogens is 387 g/mol. The predicted molar refractivity (Wildman–Crippen MR) is 98.5 cm³/mol. The molecule has 0 spiro atoms. The molecule has 1 amide bonds. The van der Waals surface area contributed by atoms with E-state index in [4.69, 9.17) is 0 Å². The molecule has 1 aromatic carbocycles. The molecule has 0 saturated carbocycles. The molecule has 0 atom stereocenters. The molecule has 9 nitrogen and oxygen atoms in total. The average molecular weight is 404 g/mol. The van der Waals surface area contributed by atoms with E-state index in [-0.39, 0.29) is 33.6 Å². The Morgan fingerprint density at radius 3 is 2.71 bits per heavy atom. The van der Waals surface area contributed by atoms with E-state index < -0.39 is 15.8 Å². The molecule has 11 heteroatoms. The maximum absolute atomic E-state index is 14.0. The second-order valence-corrected chi connectivity index (χ2v) is 8.06. The maximum atomic E-state index is 14.0. The first-order valence-corrected chi connectivity index (χ1v) is 10.1. The van der Waals surface area contributed by atoms with Gasteiger partial charge in [0, 0.05) is 25.0 Å².